The van der Waals surface area contributed by atoms with E-state index in [1.54, 1.807) is 5.32 Å². The van der Waals surface area contributed by atoms with Crippen LogP contribution in [0.2, 0.25) is 0 Å². The third-order valence-electron chi connectivity index (χ3n) is 2.61. The third kappa shape index (κ3) is 3.22. The maximum atomic E-state index is 13.4. The van der Waals surface area contributed by atoms with Crippen molar-refractivity contribution in [3.63, 3.8) is 0 Å². The minimum Gasteiger partial charge on any atom is -0.315 e. The lowest BCUT2D eigenvalue weighted by atomic mass is 10.2. The van der Waals surface area contributed by atoms with Gasteiger partial charge in [0.15, 0.2) is 17.5 Å². The molecule has 0 bridgehead atoms. The highest BCUT2D eigenvalue weighted by Crippen LogP contribution is 2.19. The molecule has 0 fully saturated rings. The summed E-state index contributed by atoms with van der Waals surface area (Å²) >= 11 is 0. The molecule has 2 amide bonds. The van der Waals surface area contributed by atoms with Crippen molar-refractivity contribution >= 4 is 23.2 Å². The second kappa shape index (κ2) is 6.25. The molecule has 0 aliphatic heterocycles. The van der Waals surface area contributed by atoms with Crippen molar-refractivity contribution in [2.75, 3.05) is 10.6 Å². The van der Waals surface area contributed by atoms with Gasteiger partial charge in [-0.1, -0.05) is 12.1 Å². The number of rotatable bonds is 2. The average molecular weight is 312 g/mol. The molecule has 2 N–H and O–H groups in total. The first-order valence-electron chi connectivity index (χ1n) is 5.90. The summed E-state index contributed by atoms with van der Waals surface area (Å²) in [6.45, 7) is 0. The van der Waals surface area contributed by atoms with Crippen LogP contribution in [0.5, 0.6) is 0 Å². The zero-order valence-corrected chi connectivity index (χ0v) is 10.8. The third-order valence-corrected chi connectivity index (χ3v) is 2.61. The van der Waals surface area contributed by atoms with Gasteiger partial charge in [-0.25, -0.2) is 17.6 Å². The molecule has 2 rings (SSSR count). The van der Waals surface area contributed by atoms with E-state index in [0.29, 0.717) is 6.07 Å². The molecule has 22 heavy (non-hydrogen) atoms. The Morgan fingerprint density at radius 1 is 0.682 bits per heavy atom. The van der Waals surface area contributed by atoms with E-state index in [-0.39, 0.29) is 5.69 Å². The summed E-state index contributed by atoms with van der Waals surface area (Å²) in [6, 6.07) is 6.40. The molecule has 0 aliphatic carbocycles. The lowest BCUT2D eigenvalue weighted by Crippen LogP contribution is -2.29. The predicted octanol–water partition coefficient (Wildman–Crippen LogP) is 2.82. The Labute approximate surface area is 121 Å². The van der Waals surface area contributed by atoms with Crippen LogP contribution in [0.3, 0.4) is 0 Å². The van der Waals surface area contributed by atoms with E-state index in [9.17, 15) is 27.2 Å². The molecule has 8 heteroatoms. The van der Waals surface area contributed by atoms with Crippen molar-refractivity contribution in [1.29, 1.82) is 0 Å². The lowest BCUT2D eigenvalue weighted by Gasteiger charge is -2.08. The highest BCUT2D eigenvalue weighted by atomic mass is 19.2. The standard InChI is InChI=1S/C14H8F4N2O2/c15-7-3-1-2-4-9(7)19-13(21)14(22)20-10-6-5-8(16)11(17)12(10)18/h1-6H,(H,19,21)(H,20,22). The Balaban J connectivity index is 2.11. The van der Waals surface area contributed by atoms with E-state index in [1.807, 2.05) is 5.32 Å². The summed E-state index contributed by atoms with van der Waals surface area (Å²) < 4.78 is 52.4. The monoisotopic (exact) mass is 312 g/mol. The van der Waals surface area contributed by atoms with Crippen LogP contribution >= 0.6 is 0 Å². The molecule has 0 heterocycles. The van der Waals surface area contributed by atoms with E-state index in [2.05, 4.69) is 0 Å². The van der Waals surface area contributed by atoms with Crippen molar-refractivity contribution in [2.24, 2.45) is 0 Å². The van der Waals surface area contributed by atoms with Crippen LogP contribution in [-0.2, 0) is 9.59 Å². The van der Waals surface area contributed by atoms with E-state index in [4.69, 9.17) is 0 Å². The molecule has 0 radical (unpaired) electrons. The second-order valence-corrected chi connectivity index (χ2v) is 4.11. The SMILES string of the molecule is O=C(Nc1ccccc1F)C(=O)Nc1ccc(F)c(F)c1F. The van der Waals surface area contributed by atoms with Gasteiger partial charge in [0.05, 0.1) is 11.4 Å². The van der Waals surface area contributed by atoms with Gasteiger partial charge < -0.3 is 10.6 Å². The first-order valence-corrected chi connectivity index (χ1v) is 5.90. The smallest absolute Gasteiger partial charge is 0.314 e. The van der Waals surface area contributed by atoms with Crippen molar-refractivity contribution in [3.8, 4) is 0 Å². The number of hydrogen-bond acceptors (Lipinski definition) is 2. The number of para-hydroxylation sites is 1. The highest BCUT2D eigenvalue weighted by molar-refractivity contribution is 6.43. The molecule has 0 saturated carbocycles. The van der Waals surface area contributed by atoms with Crippen LogP contribution in [0.1, 0.15) is 0 Å². The summed E-state index contributed by atoms with van der Waals surface area (Å²) in [4.78, 5) is 23.1. The van der Waals surface area contributed by atoms with Crippen molar-refractivity contribution in [3.05, 3.63) is 59.7 Å². The Kier molecular flexibility index (Phi) is 4.40. The number of anilines is 2. The normalized spacial score (nSPS) is 10.2. The number of hydrogen-bond donors (Lipinski definition) is 2. The van der Waals surface area contributed by atoms with Crippen LogP contribution in [0.4, 0.5) is 28.9 Å². The quantitative estimate of drug-likeness (QED) is 0.509. The molecule has 0 saturated heterocycles. The molecular weight excluding hydrogens is 304 g/mol. The summed E-state index contributed by atoms with van der Waals surface area (Å²) in [7, 11) is 0. The Hall–Kier alpha value is -2.90. The van der Waals surface area contributed by atoms with Crippen LogP contribution < -0.4 is 10.6 Å². The zero-order chi connectivity index (χ0) is 16.3. The summed E-state index contributed by atoms with van der Waals surface area (Å²) in [5.74, 6) is -8.31. The summed E-state index contributed by atoms with van der Waals surface area (Å²) in [5, 5.41) is 3.72. The van der Waals surface area contributed by atoms with E-state index < -0.39 is 40.8 Å². The first kappa shape index (κ1) is 15.5. The summed E-state index contributed by atoms with van der Waals surface area (Å²) in [6.07, 6.45) is 0. The molecule has 4 nitrogen and oxygen atoms in total. The second-order valence-electron chi connectivity index (χ2n) is 4.11. The topological polar surface area (TPSA) is 58.2 Å². The molecular formula is C14H8F4N2O2. The number of benzene rings is 2. The van der Waals surface area contributed by atoms with E-state index >= 15 is 0 Å². The molecule has 2 aromatic rings. The van der Waals surface area contributed by atoms with Crippen molar-refractivity contribution < 1.29 is 27.2 Å². The number of amides is 2. The number of carbonyl (C=O) groups excluding carboxylic acids is 2. The van der Waals surface area contributed by atoms with Crippen molar-refractivity contribution in [2.45, 2.75) is 0 Å². The minimum atomic E-state index is -1.78. The predicted molar refractivity (Wildman–Crippen MR) is 70.0 cm³/mol. The maximum Gasteiger partial charge on any atom is 0.314 e. The maximum absolute atomic E-state index is 13.4. The van der Waals surface area contributed by atoms with E-state index in [0.717, 1.165) is 12.1 Å². The van der Waals surface area contributed by atoms with Gasteiger partial charge in [-0.3, -0.25) is 9.59 Å². The van der Waals surface area contributed by atoms with Gasteiger partial charge in [0.25, 0.3) is 0 Å². The molecule has 0 aromatic heterocycles. The lowest BCUT2D eigenvalue weighted by molar-refractivity contribution is -0.133. The van der Waals surface area contributed by atoms with Gasteiger partial charge in [0.1, 0.15) is 5.82 Å². The Morgan fingerprint density at radius 2 is 1.27 bits per heavy atom. The minimum absolute atomic E-state index is 0.256. The molecule has 0 aliphatic rings. The van der Waals surface area contributed by atoms with Crippen LogP contribution in [0.15, 0.2) is 36.4 Å². The van der Waals surface area contributed by atoms with Gasteiger partial charge in [0.2, 0.25) is 0 Å². The fraction of sp³-hybridized carbons (Fsp3) is 0. The van der Waals surface area contributed by atoms with Gasteiger partial charge in [-0.05, 0) is 24.3 Å². The Morgan fingerprint density at radius 3 is 1.91 bits per heavy atom. The van der Waals surface area contributed by atoms with Crippen LogP contribution in [-0.4, -0.2) is 11.8 Å². The molecule has 2 aromatic carbocycles. The Bertz CT molecular complexity index is 750. The largest absolute Gasteiger partial charge is 0.315 e. The number of carbonyl (C=O) groups is 2. The van der Waals surface area contributed by atoms with Gasteiger partial charge >= 0.3 is 11.8 Å². The van der Waals surface area contributed by atoms with Gasteiger partial charge in [0, 0.05) is 0 Å². The van der Waals surface area contributed by atoms with Crippen LogP contribution in [0, 0.1) is 23.3 Å². The van der Waals surface area contributed by atoms with Crippen molar-refractivity contribution in [1.82, 2.24) is 0 Å². The molecule has 0 unspecified atom stereocenters. The molecule has 114 valence electrons. The van der Waals surface area contributed by atoms with Crippen LogP contribution in [0.25, 0.3) is 0 Å². The first-order chi connectivity index (χ1) is 10.4. The number of halogens is 4. The van der Waals surface area contributed by atoms with E-state index in [1.165, 1.54) is 18.2 Å². The highest BCUT2D eigenvalue weighted by Gasteiger charge is 2.20. The zero-order valence-electron chi connectivity index (χ0n) is 10.8. The van der Waals surface area contributed by atoms with Gasteiger partial charge in [-0.15, -0.1) is 0 Å². The molecule has 0 atom stereocenters. The van der Waals surface area contributed by atoms with Gasteiger partial charge in [-0.2, -0.15) is 0 Å². The number of nitrogens with one attached hydrogen (secondary N) is 2. The summed E-state index contributed by atoms with van der Waals surface area (Å²) in [5.41, 5.74) is -0.971. The average Bonchev–Trinajstić information content (AvgIpc) is 2.50. The fourth-order valence-corrected chi connectivity index (χ4v) is 1.54. The molecule has 0 spiro atoms. The fourth-order valence-electron chi connectivity index (χ4n) is 1.54.